The van der Waals surface area contributed by atoms with E-state index in [1.54, 1.807) is 0 Å². The van der Waals surface area contributed by atoms with Crippen LogP contribution in [0, 0.1) is 0 Å². The molecule has 0 aliphatic carbocycles. The van der Waals surface area contributed by atoms with Gasteiger partial charge in [0.25, 0.3) is 0 Å². The zero-order valence-corrected chi connectivity index (χ0v) is 14.1. The van der Waals surface area contributed by atoms with E-state index < -0.39 is 0 Å². The van der Waals surface area contributed by atoms with Gasteiger partial charge >= 0.3 is 0 Å². The molecule has 1 heterocycles. The fourth-order valence-electron chi connectivity index (χ4n) is 2.27. The molecule has 0 amide bonds. The van der Waals surface area contributed by atoms with Crippen molar-refractivity contribution in [3.8, 4) is 11.5 Å². The molecule has 2 aromatic rings. The summed E-state index contributed by atoms with van der Waals surface area (Å²) in [6.07, 6.45) is 1.32. The van der Waals surface area contributed by atoms with Crippen LogP contribution in [0.1, 0.15) is 16.6 Å². The van der Waals surface area contributed by atoms with Crippen LogP contribution in [0.2, 0.25) is 0 Å². The predicted octanol–water partition coefficient (Wildman–Crippen LogP) is 5.01. The van der Waals surface area contributed by atoms with Gasteiger partial charge in [-0.3, -0.25) is 0 Å². The van der Waals surface area contributed by atoms with Crippen LogP contribution in [-0.2, 0) is 0 Å². The number of rotatable bonds is 6. The Hall–Kier alpha value is -1.26. The lowest BCUT2D eigenvalue weighted by molar-refractivity contribution is 0.217. The zero-order valence-electron chi connectivity index (χ0n) is 12.4. The van der Waals surface area contributed by atoms with E-state index in [0.29, 0.717) is 17.8 Å². The lowest BCUT2D eigenvalue weighted by Crippen LogP contribution is -2.09. The van der Waals surface area contributed by atoms with E-state index in [0.717, 1.165) is 11.5 Å². The molecular weight excluding hydrogens is 312 g/mol. The Kier molecular flexibility index (Phi) is 5.96. The molecular formula is C18H20O2S2. The van der Waals surface area contributed by atoms with Crippen LogP contribution in [0.5, 0.6) is 11.5 Å². The van der Waals surface area contributed by atoms with E-state index in [1.807, 2.05) is 59.9 Å². The Bertz CT molecular complexity index is 568. The number of para-hydroxylation sites is 1. The highest BCUT2D eigenvalue weighted by molar-refractivity contribution is 8.16. The second kappa shape index (κ2) is 8.39. The molecule has 0 radical (unpaired) electrons. The molecule has 116 valence electrons. The van der Waals surface area contributed by atoms with Gasteiger partial charge in [0.2, 0.25) is 0 Å². The van der Waals surface area contributed by atoms with Gasteiger partial charge in [-0.15, -0.1) is 23.5 Å². The van der Waals surface area contributed by atoms with Crippen molar-refractivity contribution in [3.63, 3.8) is 0 Å². The number of hydrogen-bond acceptors (Lipinski definition) is 4. The summed E-state index contributed by atoms with van der Waals surface area (Å²) in [5, 5.41) is 0. The second-order valence-electron chi connectivity index (χ2n) is 5.01. The van der Waals surface area contributed by atoms with Crippen molar-refractivity contribution in [1.82, 2.24) is 0 Å². The maximum atomic E-state index is 5.82. The summed E-state index contributed by atoms with van der Waals surface area (Å²) in [5.41, 5.74) is 1.36. The smallest absolute Gasteiger partial charge is 0.122 e. The highest BCUT2D eigenvalue weighted by atomic mass is 32.2. The van der Waals surface area contributed by atoms with Crippen LogP contribution >= 0.6 is 23.5 Å². The minimum absolute atomic E-state index is 0.554. The average Bonchev–Trinajstić information content (AvgIpc) is 2.61. The van der Waals surface area contributed by atoms with Crippen molar-refractivity contribution in [2.24, 2.45) is 0 Å². The fraction of sp³-hybridized carbons (Fsp3) is 0.333. The van der Waals surface area contributed by atoms with Gasteiger partial charge in [0.1, 0.15) is 24.7 Å². The van der Waals surface area contributed by atoms with E-state index >= 15 is 0 Å². The van der Waals surface area contributed by atoms with Crippen molar-refractivity contribution in [3.05, 3.63) is 60.2 Å². The molecule has 0 N–H and O–H groups in total. The second-order valence-corrected chi connectivity index (χ2v) is 7.73. The molecule has 0 unspecified atom stereocenters. The quantitative estimate of drug-likeness (QED) is 0.692. The Labute approximate surface area is 140 Å². The van der Waals surface area contributed by atoms with Crippen molar-refractivity contribution < 1.29 is 9.47 Å². The van der Waals surface area contributed by atoms with Crippen molar-refractivity contribution >= 4 is 23.5 Å². The maximum Gasteiger partial charge on any atom is 0.122 e. The summed E-state index contributed by atoms with van der Waals surface area (Å²) in [7, 11) is 0. The van der Waals surface area contributed by atoms with Gasteiger partial charge in [0, 0.05) is 0 Å². The molecule has 2 aromatic carbocycles. The third-order valence-electron chi connectivity index (χ3n) is 3.32. The normalized spacial score (nSPS) is 15.5. The molecule has 0 saturated carbocycles. The summed E-state index contributed by atoms with van der Waals surface area (Å²) in [6, 6.07) is 18.3. The van der Waals surface area contributed by atoms with Crippen LogP contribution in [0.3, 0.4) is 0 Å². The van der Waals surface area contributed by atoms with Crippen molar-refractivity contribution in [1.29, 1.82) is 0 Å². The number of hydrogen-bond donors (Lipinski definition) is 0. The average molecular weight is 332 g/mol. The number of ether oxygens (including phenoxy) is 2. The Morgan fingerprint density at radius 1 is 0.818 bits per heavy atom. The molecule has 0 spiro atoms. The zero-order chi connectivity index (χ0) is 15.0. The van der Waals surface area contributed by atoms with Crippen LogP contribution in [0.4, 0.5) is 0 Å². The van der Waals surface area contributed by atoms with Crippen LogP contribution in [-0.4, -0.2) is 24.7 Å². The molecule has 1 fully saturated rings. The summed E-state index contributed by atoms with van der Waals surface area (Å²) in [4.78, 5) is 0. The molecule has 4 heteroatoms. The van der Waals surface area contributed by atoms with Gasteiger partial charge < -0.3 is 9.47 Å². The lowest BCUT2D eigenvalue weighted by Gasteiger charge is -2.21. The Balaban J connectivity index is 1.48. The first-order valence-electron chi connectivity index (χ1n) is 7.56. The molecule has 1 saturated heterocycles. The minimum Gasteiger partial charge on any atom is -0.490 e. The molecule has 1 aliphatic heterocycles. The Morgan fingerprint density at radius 3 is 2.27 bits per heavy atom. The van der Waals surface area contributed by atoms with Crippen LogP contribution < -0.4 is 9.47 Å². The van der Waals surface area contributed by atoms with E-state index in [9.17, 15) is 0 Å². The first kappa shape index (κ1) is 15.6. The predicted molar refractivity (Wildman–Crippen MR) is 96.1 cm³/mol. The molecule has 22 heavy (non-hydrogen) atoms. The molecule has 0 bridgehead atoms. The van der Waals surface area contributed by atoms with E-state index in [2.05, 4.69) is 18.2 Å². The number of thioether (sulfide) groups is 2. The summed E-state index contributed by atoms with van der Waals surface area (Å²) >= 11 is 4.07. The third-order valence-corrected chi connectivity index (χ3v) is 6.34. The third kappa shape index (κ3) is 4.62. The minimum atomic E-state index is 0.554. The van der Waals surface area contributed by atoms with Crippen molar-refractivity contribution in [2.75, 3.05) is 24.7 Å². The van der Waals surface area contributed by atoms with E-state index in [4.69, 9.17) is 9.47 Å². The largest absolute Gasteiger partial charge is 0.490 e. The van der Waals surface area contributed by atoms with Gasteiger partial charge in [-0.25, -0.2) is 0 Å². The standard InChI is InChI=1S/C18H20O2S2/c1-2-7-16(8-3-1)19-10-11-20-17-9-4-6-15(14-17)18-21-12-5-13-22-18/h1-4,6-9,14,18H,5,10-13H2. The molecule has 0 aromatic heterocycles. The molecule has 2 nitrogen and oxygen atoms in total. The Morgan fingerprint density at radius 2 is 1.50 bits per heavy atom. The van der Waals surface area contributed by atoms with Crippen LogP contribution in [0.25, 0.3) is 0 Å². The summed E-state index contributed by atoms with van der Waals surface area (Å²) in [5.74, 6) is 4.33. The lowest BCUT2D eigenvalue weighted by atomic mass is 10.2. The number of benzene rings is 2. The topological polar surface area (TPSA) is 18.5 Å². The first-order chi connectivity index (χ1) is 10.9. The monoisotopic (exact) mass is 332 g/mol. The fourth-order valence-corrected chi connectivity index (χ4v) is 5.14. The van der Waals surface area contributed by atoms with Gasteiger partial charge in [-0.1, -0.05) is 30.3 Å². The van der Waals surface area contributed by atoms with Gasteiger partial charge in [-0.2, -0.15) is 0 Å². The van der Waals surface area contributed by atoms with Gasteiger partial charge in [0.05, 0.1) is 4.58 Å². The first-order valence-corrected chi connectivity index (χ1v) is 9.65. The maximum absolute atomic E-state index is 5.82. The van der Waals surface area contributed by atoms with Crippen LogP contribution in [0.15, 0.2) is 54.6 Å². The highest BCUT2D eigenvalue weighted by Crippen LogP contribution is 2.44. The summed E-state index contributed by atoms with van der Waals surface area (Å²) < 4.78 is 12.0. The van der Waals surface area contributed by atoms with Gasteiger partial charge in [-0.05, 0) is 47.8 Å². The molecule has 0 atom stereocenters. The summed E-state index contributed by atoms with van der Waals surface area (Å²) in [6.45, 7) is 1.12. The van der Waals surface area contributed by atoms with Gasteiger partial charge in [0.15, 0.2) is 0 Å². The molecule has 1 aliphatic rings. The van der Waals surface area contributed by atoms with Crippen molar-refractivity contribution in [2.45, 2.75) is 11.0 Å². The van der Waals surface area contributed by atoms with E-state index in [-0.39, 0.29) is 0 Å². The molecule has 3 rings (SSSR count). The van der Waals surface area contributed by atoms with E-state index in [1.165, 1.54) is 23.5 Å². The highest BCUT2D eigenvalue weighted by Gasteiger charge is 2.16. The SMILES string of the molecule is c1ccc(OCCOc2cccc(C3SCCCS3)c2)cc1.